The van der Waals surface area contributed by atoms with E-state index in [1.54, 1.807) is 23.2 Å². The Bertz CT molecular complexity index is 1520. The normalized spacial score (nSPS) is 11.1. The predicted molar refractivity (Wildman–Crippen MR) is 134 cm³/mol. The molecule has 0 fully saturated rings. The lowest BCUT2D eigenvalue weighted by atomic mass is 9.99. The predicted octanol–water partition coefficient (Wildman–Crippen LogP) is 5.17. The summed E-state index contributed by atoms with van der Waals surface area (Å²) in [5.74, 6) is -0.376. The Hall–Kier alpha value is -4.36. The molecule has 0 aliphatic rings. The number of fused-ring (bicyclic) bond motifs is 1. The second kappa shape index (κ2) is 9.48. The van der Waals surface area contributed by atoms with Crippen molar-refractivity contribution >= 4 is 16.9 Å². The third-order valence-corrected chi connectivity index (χ3v) is 5.93. The van der Waals surface area contributed by atoms with Crippen molar-refractivity contribution in [1.29, 1.82) is 0 Å². The van der Waals surface area contributed by atoms with Crippen LogP contribution in [0.3, 0.4) is 0 Å². The summed E-state index contributed by atoms with van der Waals surface area (Å²) in [5.41, 5.74) is 13.1. The van der Waals surface area contributed by atoms with Crippen molar-refractivity contribution in [2.75, 3.05) is 0 Å². The van der Waals surface area contributed by atoms with E-state index in [4.69, 9.17) is 14.9 Å². The first-order valence-corrected chi connectivity index (χ1v) is 11.3. The van der Waals surface area contributed by atoms with E-state index >= 15 is 0 Å². The first-order valence-electron chi connectivity index (χ1n) is 11.3. The van der Waals surface area contributed by atoms with Crippen molar-refractivity contribution in [2.24, 2.45) is 12.8 Å². The molecule has 2 heterocycles. The molecule has 0 aliphatic carbocycles. The highest BCUT2D eigenvalue weighted by Gasteiger charge is 2.14. The van der Waals surface area contributed by atoms with Crippen LogP contribution in [0, 0.1) is 0 Å². The van der Waals surface area contributed by atoms with E-state index in [9.17, 15) is 9.90 Å². The number of nitrogens with zero attached hydrogens (tertiary/aromatic N) is 2. The summed E-state index contributed by atoms with van der Waals surface area (Å²) in [6, 6.07) is 19.6. The molecule has 0 amide bonds. The molecule has 5 rings (SSSR count). The van der Waals surface area contributed by atoms with Crippen LogP contribution in [-0.4, -0.2) is 20.9 Å². The summed E-state index contributed by atoms with van der Waals surface area (Å²) < 4.78 is 13.7. The fourth-order valence-corrected chi connectivity index (χ4v) is 4.22. The van der Waals surface area contributed by atoms with Crippen LogP contribution in [0.5, 0.6) is 5.75 Å². The first-order chi connectivity index (χ1) is 17.0. The fourth-order valence-electron chi connectivity index (χ4n) is 4.22. The molecule has 0 aliphatic heterocycles. The van der Waals surface area contributed by atoms with Gasteiger partial charge >= 0.3 is 5.97 Å². The maximum atomic E-state index is 11.4. The van der Waals surface area contributed by atoms with Gasteiger partial charge in [0.2, 0.25) is 0 Å². The summed E-state index contributed by atoms with van der Waals surface area (Å²) in [5, 5.41) is 14.6. The largest absolute Gasteiger partial charge is 0.489 e. The number of furan rings is 1. The zero-order valence-electron chi connectivity index (χ0n) is 19.3. The summed E-state index contributed by atoms with van der Waals surface area (Å²) in [6.07, 6.45) is 5.23. The second-order valence-electron chi connectivity index (χ2n) is 8.47. The molecule has 2 aromatic heterocycles. The lowest BCUT2D eigenvalue weighted by molar-refractivity contribution is -0.136. The molecule has 3 aromatic carbocycles. The van der Waals surface area contributed by atoms with E-state index < -0.39 is 5.97 Å². The minimum Gasteiger partial charge on any atom is -0.489 e. The molecule has 0 saturated heterocycles. The molecular weight excluding hydrogens is 442 g/mol. The van der Waals surface area contributed by atoms with Crippen molar-refractivity contribution < 1.29 is 19.1 Å². The Morgan fingerprint density at radius 1 is 1.06 bits per heavy atom. The number of hydrogen-bond acceptors (Lipinski definition) is 5. The number of aryl methyl sites for hydroxylation is 1. The highest BCUT2D eigenvalue weighted by molar-refractivity contribution is 5.93. The van der Waals surface area contributed by atoms with Crippen molar-refractivity contribution in [2.45, 2.75) is 19.6 Å². The number of nitrogens with two attached hydrogens (primary N) is 1. The van der Waals surface area contributed by atoms with Crippen LogP contribution in [0.4, 0.5) is 0 Å². The van der Waals surface area contributed by atoms with Gasteiger partial charge in [-0.2, -0.15) is 5.10 Å². The summed E-state index contributed by atoms with van der Waals surface area (Å²) in [7, 11) is 1.85. The van der Waals surface area contributed by atoms with Crippen molar-refractivity contribution in [3.63, 3.8) is 0 Å². The summed E-state index contributed by atoms with van der Waals surface area (Å²) in [6.45, 7) is 0.728. The number of carboxylic acid groups (broad SMARTS) is 1. The summed E-state index contributed by atoms with van der Waals surface area (Å²) in [4.78, 5) is 11.4. The molecule has 7 heteroatoms. The van der Waals surface area contributed by atoms with E-state index in [1.165, 1.54) is 0 Å². The van der Waals surface area contributed by atoms with Gasteiger partial charge in [-0.1, -0.05) is 30.3 Å². The number of carboxylic acids is 1. The standard InChI is InChI=1S/C28H25N3O4/c1-31-16-24(15-30-31)20-5-6-22(13-27(32)33)26(12-20)35-17-19-10-23-7-8-34-28(23)25(11-19)21-4-2-3-18(9-21)14-29/h2-12,15-16H,13-14,17,29H2,1H3,(H,32,33). The van der Waals surface area contributed by atoms with Crippen molar-refractivity contribution in [3.8, 4) is 28.0 Å². The van der Waals surface area contributed by atoms with Gasteiger partial charge in [-0.25, -0.2) is 0 Å². The smallest absolute Gasteiger partial charge is 0.307 e. The molecule has 35 heavy (non-hydrogen) atoms. The number of ether oxygens (including phenoxy) is 1. The maximum Gasteiger partial charge on any atom is 0.307 e. The van der Waals surface area contributed by atoms with Crippen LogP contribution in [0.1, 0.15) is 16.7 Å². The monoisotopic (exact) mass is 467 g/mol. The van der Waals surface area contributed by atoms with Gasteiger partial charge in [0.25, 0.3) is 0 Å². The second-order valence-corrected chi connectivity index (χ2v) is 8.47. The number of benzene rings is 3. The van der Waals surface area contributed by atoms with Gasteiger partial charge in [0, 0.05) is 41.9 Å². The van der Waals surface area contributed by atoms with E-state index in [0.717, 1.165) is 44.3 Å². The zero-order valence-corrected chi connectivity index (χ0v) is 19.3. The van der Waals surface area contributed by atoms with Gasteiger partial charge in [-0.05, 0) is 52.6 Å². The highest BCUT2D eigenvalue weighted by atomic mass is 16.5. The maximum absolute atomic E-state index is 11.4. The Balaban J connectivity index is 1.49. The van der Waals surface area contributed by atoms with Crippen LogP contribution >= 0.6 is 0 Å². The van der Waals surface area contributed by atoms with Gasteiger partial charge in [-0.3, -0.25) is 9.48 Å². The van der Waals surface area contributed by atoms with E-state index in [0.29, 0.717) is 17.9 Å². The SMILES string of the molecule is Cn1cc(-c2ccc(CC(=O)O)c(OCc3cc(-c4cccc(CN)c4)c4occc4c3)c2)cn1. The molecule has 0 bridgehead atoms. The van der Waals surface area contributed by atoms with Gasteiger partial charge < -0.3 is 20.0 Å². The number of hydrogen-bond donors (Lipinski definition) is 2. The Kier molecular flexibility index (Phi) is 6.08. The Morgan fingerprint density at radius 2 is 1.94 bits per heavy atom. The van der Waals surface area contributed by atoms with Gasteiger partial charge in [0.05, 0.1) is 18.9 Å². The van der Waals surface area contributed by atoms with E-state index in [-0.39, 0.29) is 13.0 Å². The van der Waals surface area contributed by atoms with Crippen LogP contribution in [0.2, 0.25) is 0 Å². The van der Waals surface area contributed by atoms with Gasteiger partial charge in [0.15, 0.2) is 0 Å². The van der Waals surface area contributed by atoms with Crippen LogP contribution < -0.4 is 10.5 Å². The van der Waals surface area contributed by atoms with Crippen molar-refractivity contribution in [1.82, 2.24) is 9.78 Å². The molecular formula is C28H25N3O4. The molecule has 3 N–H and O–H groups in total. The molecule has 7 nitrogen and oxygen atoms in total. The van der Waals surface area contributed by atoms with Gasteiger partial charge in [-0.15, -0.1) is 0 Å². The molecule has 5 aromatic rings. The Labute approximate surface area is 202 Å². The minimum absolute atomic E-state index is 0.124. The Morgan fingerprint density at radius 3 is 2.71 bits per heavy atom. The lowest BCUT2D eigenvalue weighted by Gasteiger charge is -2.14. The molecule has 0 unspecified atom stereocenters. The lowest BCUT2D eigenvalue weighted by Crippen LogP contribution is -2.04. The highest BCUT2D eigenvalue weighted by Crippen LogP contribution is 2.33. The average molecular weight is 468 g/mol. The number of carbonyl (C=O) groups is 1. The molecule has 0 radical (unpaired) electrons. The van der Waals surface area contributed by atoms with Gasteiger partial charge in [0.1, 0.15) is 17.9 Å². The average Bonchev–Trinajstić information content (AvgIpc) is 3.51. The third kappa shape index (κ3) is 4.81. The number of aliphatic carboxylic acids is 1. The van der Waals surface area contributed by atoms with Crippen LogP contribution in [0.15, 0.2) is 83.7 Å². The molecule has 0 saturated carbocycles. The number of rotatable bonds is 8. The summed E-state index contributed by atoms with van der Waals surface area (Å²) >= 11 is 0. The molecule has 176 valence electrons. The minimum atomic E-state index is -0.911. The quantitative estimate of drug-likeness (QED) is 0.327. The zero-order chi connectivity index (χ0) is 24.4. The third-order valence-electron chi connectivity index (χ3n) is 5.93. The molecule has 0 spiro atoms. The molecule has 0 atom stereocenters. The topological polar surface area (TPSA) is 104 Å². The first kappa shape index (κ1) is 22.4. The fraction of sp³-hybridized carbons (Fsp3) is 0.143. The van der Waals surface area contributed by atoms with E-state index in [2.05, 4.69) is 11.2 Å². The van der Waals surface area contributed by atoms with E-state index in [1.807, 2.05) is 61.8 Å². The van der Waals surface area contributed by atoms with Crippen LogP contribution in [0.25, 0.3) is 33.2 Å². The van der Waals surface area contributed by atoms with Crippen LogP contribution in [-0.2, 0) is 31.4 Å². The van der Waals surface area contributed by atoms with Crippen molar-refractivity contribution in [3.05, 3.63) is 96.0 Å². The number of aromatic nitrogens is 2.